The van der Waals surface area contributed by atoms with Gasteiger partial charge in [-0.25, -0.2) is 4.98 Å². The number of ether oxygens (including phenoxy) is 1. The molecular weight excluding hydrogens is 388 g/mol. The van der Waals surface area contributed by atoms with Crippen molar-refractivity contribution in [2.24, 2.45) is 0 Å². The predicted octanol–water partition coefficient (Wildman–Crippen LogP) is 2.92. The summed E-state index contributed by atoms with van der Waals surface area (Å²) in [7, 11) is 0. The van der Waals surface area contributed by atoms with Crippen molar-refractivity contribution in [3.63, 3.8) is 0 Å². The van der Waals surface area contributed by atoms with Crippen LogP contribution >= 0.6 is 22.7 Å². The molecule has 8 nitrogen and oxygen atoms in total. The molecule has 0 aliphatic heterocycles. The van der Waals surface area contributed by atoms with Crippen molar-refractivity contribution in [3.05, 3.63) is 38.8 Å². The van der Waals surface area contributed by atoms with Gasteiger partial charge in [-0.15, -0.1) is 11.3 Å². The average Bonchev–Trinajstić information content (AvgIpc) is 3.40. The zero-order chi connectivity index (χ0) is 19.2. The van der Waals surface area contributed by atoms with E-state index in [1.807, 2.05) is 22.9 Å². The second kappa shape index (κ2) is 8.66. The fraction of sp³-hybridized carbons (Fsp3) is 0.294. The molecule has 0 saturated heterocycles. The fourth-order valence-corrected chi connectivity index (χ4v) is 3.65. The van der Waals surface area contributed by atoms with Gasteiger partial charge in [0.1, 0.15) is 5.01 Å². The second-order valence-corrected chi connectivity index (χ2v) is 7.21. The normalized spacial score (nSPS) is 11.7. The van der Waals surface area contributed by atoms with Crippen LogP contribution in [0.15, 0.2) is 26.7 Å². The zero-order valence-corrected chi connectivity index (χ0v) is 15.9. The summed E-state index contributed by atoms with van der Waals surface area (Å²) in [5, 5.41) is 19.0. The Labute approximate surface area is 162 Å². The number of thiazole rings is 1. The summed E-state index contributed by atoms with van der Waals surface area (Å²) in [5.74, 6) is -1.33. The maximum absolute atomic E-state index is 12.1. The summed E-state index contributed by atoms with van der Waals surface area (Å²) in [6, 6.07) is 3.77. The number of carbonyl (C=O) groups excluding carboxylic acids is 2. The average molecular weight is 402 g/mol. The SMILES string of the molecule is Cc1csc([C@@H](C#N)C(=O)COC(=O)CCc2nc(-c3ccsc3)no2)n1. The van der Waals surface area contributed by atoms with Gasteiger partial charge >= 0.3 is 5.97 Å². The molecule has 138 valence electrons. The number of rotatable bonds is 8. The Hall–Kier alpha value is -2.90. The van der Waals surface area contributed by atoms with Gasteiger partial charge in [-0.2, -0.15) is 21.6 Å². The van der Waals surface area contributed by atoms with Crippen molar-refractivity contribution in [1.29, 1.82) is 5.26 Å². The molecule has 0 saturated carbocycles. The third kappa shape index (κ3) is 4.84. The van der Waals surface area contributed by atoms with Crippen LogP contribution in [0, 0.1) is 18.3 Å². The summed E-state index contributed by atoms with van der Waals surface area (Å²) in [5.41, 5.74) is 1.59. The molecule has 0 aromatic carbocycles. The first-order valence-corrected chi connectivity index (χ1v) is 9.74. The van der Waals surface area contributed by atoms with Crippen LogP contribution < -0.4 is 0 Å². The number of ketones is 1. The lowest BCUT2D eigenvalue weighted by atomic mass is 10.1. The molecule has 1 atom stereocenters. The van der Waals surface area contributed by atoms with Crippen molar-refractivity contribution < 1.29 is 18.8 Å². The largest absolute Gasteiger partial charge is 0.458 e. The van der Waals surface area contributed by atoms with E-state index in [0.29, 0.717) is 16.7 Å². The number of hydrogen-bond acceptors (Lipinski definition) is 10. The van der Waals surface area contributed by atoms with E-state index in [2.05, 4.69) is 15.1 Å². The highest BCUT2D eigenvalue weighted by Gasteiger charge is 2.24. The predicted molar refractivity (Wildman–Crippen MR) is 97.1 cm³/mol. The van der Waals surface area contributed by atoms with Gasteiger partial charge in [0, 0.05) is 28.4 Å². The molecule has 0 amide bonds. The zero-order valence-electron chi connectivity index (χ0n) is 14.2. The number of nitriles is 1. The molecule has 3 rings (SSSR count). The van der Waals surface area contributed by atoms with Crippen LogP contribution in [0.2, 0.25) is 0 Å². The smallest absolute Gasteiger partial charge is 0.306 e. The maximum Gasteiger partial charge on any atom is 0.306 e. The first kappa shape index (κ1) is 18.9. The van der Waals surface area contributed by atoms with Crippen LogP contribution in [0.1, 0.15) is 28.9 Å². The summed E-state index contributed by atoms with van der Waals surface area (Å²) >= 11 is 2.75. The summed E-state index contributed by atoms with van der Waals surface area (Å²) in [4.78, 5) is 32.3. The number of nitrogens with zero attached hydrogens (tertiary/aromatic N) is 4. The monoisotopic (exact) mass is 402 g/mol. The van der Waals surface area contributed by atoms with E-state index in [1.54, 1.807) is 12.3 Å². The van der Waals surface area contributed by atoms with Crippen molar-refractivity contribution in [3.8, 4) is 17.5 Å². The lowest BCUT2D eigenvalue weighted by molar-refractivity contribution is -0.148. The molecule has 0 radical (unpaired) electrons. The summed E-state index contributed by atoms with van der Waals surface area (Å²) < 4.78 is 10.1. The van der Waals surface area contributed by atoms with Crippen molar-refractivity contribution in [1.82, 2.24) is 15.1 Å². The van der Waals surface area contributed by atoms with Gasteiger partial charge in [-0.1, -0.05) is 5.16 Å². The lowest BCUT2D eigenvalue weighted by Crippen LogP contribution is -2.20. The third-order valence-corrected chi connectivity index (χ3v) is 5.21. The minimum Gasteiger partial charge on any atom is -0.458 e. The van der Waals surface area contributed by atoms with E-state index in [1.165, 1.54) is 22.7 Å². The van der Waals surface area contributed by atoms with Crippen LogP contribution in [0.25, 0.3) is 11.4 Å². The molecule has 0 fully saturated rings. The first-order chi connectivity index (χ1) is 13.1. The van der Waals surface area contributed by atoms with Crippen molar-refractivity contribution in [2.45, 2.75) is 25.7 Å². The quantitative estimate of drug-likeness (QED) is 0.528. The van der Waals surface area contributed by atoms with Gasteiger partial charge in [0.05, 0.1) is 12.5 Å². The number of aromatic nitrogens is 3. The highest BCUT2D eigenvalue weighted by molar-refractivity contribution is 7.10. The molecule has 0 unspecified atom stereocenters. The van der Waals surface area contributed by atoms with E-state index in [0.717, 1.165) is 11.3 Å². The van der Waals surface area contributed by atoms with Gasteiger partial charge in [-0.05, 0) is 18.4 Å². The second-order valence-electron chi connectivity index (χ2n) is 5.54. The van der Waals surface area contributed by atoms with Crippen LogP contribution in [-0.4, -0.2) is 33.5 Å². The standard InChI is InChI=1S/C17H14N4O4S2/c1-10-8-27-17(19-10)12(6-18)13(22)7-24-15(23)3-2-14-20-16(21-25-14)11-4-5-26-9-11/h4-5,8-9,12H,2-3,7H2,1H3/t12-/m0/s1. The fourth-order valence-electron chi connectivity index (χ4n) is 2.15. The maximum atomic E-state index is 12.1. The molecule has 0 aliphatic carbocycles. The Bertz CT molecular complexity index is 971. The highest BCUT2D eigenvalue weighted by Crippen LogP contribution is 2.21. The Morgan fingerprint density at radius 3 is 2.89 bits per heavy atom. The van der Waals surface area contributed by atoms with Gasteiger partial charge in [-0.3, -0.25) is 9.59 Å². The molecule has 10 heteroatoms. The van der Waals surface area contributed by atoms with Crippen LogP contribution in [0.3, 0.4) is 0 Å². The van der Waals surface area contributed by atoms with Gasteiger partial charge in [0.15, 0.2) is 18.3 Å². The Kier molecular flexibility index (Phi) is 6.05. The van der Waals surface area contributed by atoms with E-state index < -0.39 is 24.3 Å². The topological polar surface area (TPSA) is 119 Å². The van der Waals surface area contributed by atoms with Gasteiger partial charge < -0.3 is 9.26 Å². The number of hydrogen-bond donors (Lipinski definition) is 0. The number of esters is 1. The van der Waals surface area contributed by atoms with Crippen molar-refractivity contribution in [2.75, 3.05) is 6.61 Å². The van der Waals surface area contributed by atoms with E-state index >= 15 is 0 Å². The number of carbonyl (C=O) groups is 2. The highest BCUT2D eigenvalue weighted by atomic mass is 32.1. The van der Waals surface area contributed by atoms with Gasteiger partial charge in [0.2, 0.25) is 11.7 Å². The molecule has 27 heavy (non-hydrogen) atoms. The number of thiophene rings is 1. The molecule has 0 N–H and O–H groups in total. The van der Waals surface area contributed by atoms with Crippen LogP contribution in [-0.2, 0) is 20.7 Å². The number of Topliss-reactive ketones (excluding diaryl/α,β-unsaturated/α-hetero) is 1. The summed E-state index contributed by atoms with van der Waals surface area (Å²) in [6.07, 6.45) is 0.198. The Morgan fingerprint density at radius 2 is 2.22 bits per heavy atom. The molecule has 0 bridgehead atoms. The molecular formula is C17H14N4O4S2. The molecule has 0 aliphatic rings. The first-order valence-electron chi connectivity index (χ1n) is 7.92. The van der Waals surface area contributed by atoms with E-state index in [-0.39, 0.29) is 12.8 Å². The van der Waals surface area contributed by atoms with Crippen molar-refractivity contribution >= 4 is 34.4 Å². The lowest BCUT2D eigenvalue weighted by Gasteiger charge is -2.06. The minimum absolute atomic E-state index is 0.00781. The molecule has 3 aromatic rings. The molecule has 3 aromatic heterocycles. The third-order valence-electron chi connectivity index (χ3n) is 3.50. The minimum atomic E-state index is -1.03. The summed E-state index contributed by atoms with van der Waals surface area (Å²) in [6.45, 7) is 1.31. The van der Waals surface area contributed by atoms with E-state index in [9.17, 15) is 14.9 Å². The van der Waals surface area contributed by atoms with Gasteiger partial charge in [0.25, 0.3) is 0 Å². The van der Waals surface area contributed by atoms with Crippen LogP contribution in [0.5, 0.6) is 0 Å². The number of aryl methyl sites for hydroxylation is 2. The molecule has 3 heterocycles. The Morgan fingerprint density at radius 1 is 1.37 bits per heavy atom. The Balaban J connectivity index is 1.47. The van der Waals surface area contributed by atoms with E-state index in [4.69, 9.17) is 9.26 Å². The molecule has 0 spiro atoms. The van der Waals surface area contributed by atoms with Crippen LogP contribution in [0.4, 0.5) is 0 Å².